The van der Waals surface area contributed by atoms with Crippen LogP contribution in [-0.2, 0) is 10.0 Å². The highest BCUT2D eigenvalue weighted by Crippen LogP contribution is 2.35. The fourth-order valence-corrected chi connectivity index (χ4v) is 4.79. The van der Waals surface area contributed by atoms with Gasteiger partial charge in [0.1, 0.15) is 10.9 Å². The second-order valence-corrected chi connectivity index (χ2v) is 8.52. The average molecular weight is 378 g/mol. The summed E-state index contributed by atoms with van der Waals surface area (Å²) in [5, 5.41) is 10.2. The number of nitriles is 1. The molecule has 2 aromatic heterocycles. The van der Waals surface area contributed by atoms with E-state index in [-0.39, 0.29) is 4.90 Å². The summed E-state index contributed by atoms with van der Waals surface area (Å²) in [5.74, 6) is 0. The Hall–Kier alpha value is -2.14. The Morgan fingerprint density at radius 1 is 1.29 bits per heavy atom. The highest BCUT2D eigenvalue weighted by atomic mass is 35.5. The third kappa shape index (κ3) is 2.96. The maximum atomic E-state index is 12.6. The van der Waals surface area contributed by atoms with Gasteiger partial charge in [0.25, 0.3) is 10.0 Å². The van der Waals surface area contributed by atoms with Gasteiger partial charge >= 0.3 is 0 Å². The number of rotatable bonds is 3. The number of hydrogen-bond donors (Lipinski definition) is 1. The summed E-state index contributed by atoms with van der Waals surface area (Å²) in [6.07, 6.45) is 0. The molecule has 0 bridgehead atoms. The number of nitrogens with zero attached hydrogens (tertiary/aromatic N) is 2. The first-order valence-corrected chi connectivity index (χ1v) is 9.59. The van der Waals surface area contributed by atoms with E-state index in [9.17, 15) is 13.7 Å². The lowest BCUT2D eigenvalue weighted by atomic mass is 10.1. The molecule has 0 radical (unpaired) electrons. The zero-order chi connectivity index (χ0) is 17.5. The average Bonchev–Trinajstić information content (AvgIpc) is 2.82. The molecule has 122 valence electrons. The minimum Gasteiger partial charge on any atom is -0.279 e. The minimum absolute atomic E-state index is 0.0584. The molecule has 0 saturated carbocycles. The number of thiophene rings is 1. The highest BCUT2D eigenvalue weighted by Gasteiger charge is 2.20. The number of aromatic nitrogens is 1. The summed E-state index contributed by atoms with van der Waals surface area (Å²) in [6, 6.07) is 9.76. The summed E-state index contributed by atoms with van der Waals surface area (Å²) < 4.78 is 27.9. The van der Waals surface area contributed by atoms with Crippen molar-refractivity contribution in [3.8, 4) is 6.07 Å². The van der Waals surface area contributed by atoms with Crippen LogP contribution in [0.4, 0.5) is 5.69 Å². The molecular weight excluding hydrogens is 366 g/mol. The molecule has 3 aromatic rings. The quantitative estimate of drug-likeness (QED) is 0.740. The van der Waals surface area contributed by atoms with E-state index >= 15 is 0 Å². The van der Waals surface area contributed by atoms with E-state index in [2.05, 4.69) is 15.8 Å². The van der Waals surface area contributed by atoms with Crippen molar-refractivity contribution < 1.29 is 8.42 Å². The molecule has 2 heterocycles. The van der Waals surface area contributed by atoms with Crippen LogP contribution in [-0.4, -0.2) is 13.4 Å². The van der Waals surface area contributed by atoms with Gasteiger partial charge in [0.15, 0.2) is 0 Å². The van der Waals surface area contributed by atoms with Gasteiger partial charge < -0.3 is 0 Å². The molecular formula is C16H12ClN3O2S2. The van der Waals surface area contributed by atoms with E-state index < -0.39 is 10.0 Å². The summed E-state index contributed by atoms with van der Waals surface area (Å²) in [4.78, 5) is 5.88. The molecule has 0 aliphatic rings. The van der Waals surface area contributed by atoms with Crippen LogP contribution in [0.15, 0.2) is 35.2 Å². The van der Waals surface area contributed by atoms with Crippen molar-refractivity contribution in [3.05, 3.63) is 51.5 Å². The fraction of sp³-hybridized carbons (Fsp3) is 0.125. The van der Waals surface area contributed by atoms with Crippen molar-refractivity contribution in [2.45, 2.75) is 18.7 Å². The molecule has 1 aromatic carbocycles. The predicted molar refractivity (Wildman–Crippen MR) is 96.1 cm³/mol. The summed E-state index contributed by atoms with van der Waals surface area (Å²) in [5.41, 5.74) is 1.45. The van der Waals surface area contributed by atoms with Crippen molar-refractivity contribution >= 4 is 48.9 Å². The standard InChI is InChI=1S/C16H12ClN3O2S2/c1-9-6-14(15-13(8-18)10(2)23-16(15)19-9)20-24(21,22)12-5-3-4-11(17)7-12/h3-7H,1-2H3,(H,19,20). The van der Waals surface area contributed by atoms with Crippen molar-refractivity contribution in [1.29, 1.82) is 5.26 Å². The van der Waals surface area contributed by atoms with Crippen molar-refractivity contribution in [2.24, 2.45) is 0 Å². The molecule has 0 atom stereocenters. The smallest absolute Gasteiger partial charge is 0.261 e. The van der Waals surface area contributed by atoms with Crippen LogP contribution in [0, 0.1) is 25.2 Å². The van der Waals surface area contributed by atoms with Crippen molar-refractivity contribution in [1.82, 2.24) is 4.98 Å². The molecule has 0 spiro atoms. The maximum Gasteiger partial charge on any atom is 0.261 e. The monoisotopic (exact) mass is 377 g/mol. The molecule has 1 N–H and O–H groups in total. The van der Waals surface area contributed by atoms with E-state index in [4.69, 9.17) is 11.6 Å². The fourth-order valence-electron chi connectivity index (χ4n) is 2.39. The van der Waals surface area contributed by atoms with Crippen LogP contribution in [0.25, 0.3) is 10.2 Å². The number of sulfonamides is 1. The lowest BCUT2D eigenvalue weighted by Crippen LogP contribution is -2.13. The molecule has 3 rings (SSSR count). The van der Waals surface area contributed by atoms with Gasteiger partial charge in [-0.1, -0.05) is 17.7 Å². The molecule has 0 amide bonds. The topological polar surface area (TPSA) is 82.9 Å². The van der Waals surface area contributed by atoms with E-state index in [0.717, 1.165) is 4.88 Å². The number of nitrogens with one attached hydrogen (secondary N) is 1. The molecule has 0 saturated heterocycles. The number of hydrogen-bond acceptors (Lipinski definition) is 5. The number of anilines is 1. The molecule has 8 heteroatoms. The Bertz CT molecular complexity index is 1100. The molecule has 0 aliphatic heterocycles. The van der Waals surface area contributed by atoms with Crippen LogP contribution in [0.5, 0.6) is 0 Å². The Morgan fingerprint density at radius 2 is 2.04 bits per heavy atom. The van der Waals surface area contributed by atoms with E-state index in [0.29, 0.717) is 32.2 Å². The Labute approximate surface area is 148 Å². The van der Waals surface area contributed by atoms with Crippen molar-refractivity contribution in [3.63, 3.8) is 0 Å². The first-order valence-electron chi connectivity index (χ1n) is 6.91. The lowest BCUT2D eigenvalue weighted by Gasteiger charge is -2.10. The van der Waals surface area contributed by atoms with E-state index in [1.54, 1.807) is 25.1 Å². The number of benzene rings is 1. The van der Waals surface area contributed by atoms with Crippen LogP contribution in [0.3, 0.4) is 0 Å². The second kappa shape index (κ2) is 6.06. The van der Waals surface area contributed by atoms with Gasteiger partial charge in [0.2, 0.25) is 0 Å². The Kier molecular flexibility index (Phi) is 4.22. The summed E-state index contributed by atoms with van der Waals surface area (Å²) in [6.45, 7) is 3.59. The SMILES string of the molecule is Cc1cc(NS(=O)(=O)c2cccc(Cl)c2)c2c(C#N)c(C)sc2n1. The Balaban J connectivity index is 2.18. The largest absolute Gasteiger partial charge is 0.279 e. The highest BCUT2D eigenvalue weighted by molar-refractivity contribution is 7.92. The number of aryl methyl sites for hydroxylation is 2. The third-order valence-electron chi connectivity index (χ3n) is 3.43. The van der Waals surface area contributed by atoms with E-state index in [1.165, 1.54) is 23.5 Å². The van der Waals surface area contributed by atoms with E-state index in [1.807, 2.05) is 6.92 Å². The first kappa shape index (κ1) is 16.7. The van der Waals surface area contributed by atoms with Crippen LogP contribution >= 0.6 is 22.9 Å². The van der Waals surface area contributed by atoms with Gasteiger partial charge in [0, 0.05) is 15.6 Å². The molecule has 0 fully saturated rings. The molecule has 0 aliphatic carbocycles. The number of fused-ring (bicyclic) bond motifs is 1. The zero-order valence-electron chi connectivity index (χ0n) is 12.8. The Morgan fingerprint density at radius 3 is 2.71 bits per heavy atom. The van der Waals surface area contributed by atoms with Gasteiger partial charge in [-0.3, -0.25) is 4.72 Å². The van der Waals surface area contributed by atoms with Gasteiger partial charge in [-0.15, -0.1) is 11.3 Å². The number of pyridine rings is 1. The van der Waals surface area contributed by atoms with Gasteiger partial charge in [0.05, 0.1) is 21.5 Å². The van der Waals surface area contributed by atoms with Crippen LogP contribution in [0.2, 0.25) is 5.02 Å². The van der Waals surface area contributed by atoms with Crippen LogP contribution < -0.4 is 4.72 Å². The van der Waals surface area contributed by atoms with Gasteiger partial charge in [-0.05, 0) is 38.1 Å². The summed E-state index contributed by atoms with van der Waals surface area (Å²) >= 11 is 7.25. The third-order valence-corrected chi connectivity index (χ3v) is 6.03. The number of halogens is 1. The first-order chi connectivity index (χ1) is 11.3. The molecule has 24 heavy (non-hydrogen) atoms. The molecule has 0 unspecified atom stereocenters. The zero-order valence-corrected chi connectivity index (χ0v) is 15.2. The molecule has 5 nitrogen and oxygen atoms in total. The van der Waals surface area contributed by atoms with Gasteiger partial charge in [-0.2, -0.15) is 5.26 Å². The maximum absolute atomic E-state index is 12.6. The summed E-state index contributed by atoms with van der Waals surface area (Å²) in [7, 11) is -3.83. The lowest BCUT2D eigenvalue weighted by molar-refractivity contribution is 0.601. The van der Waals surface area contributed by atoms with Crippen LogP contribution in [0.1, 0.15) is 16.1 Å². The second-order valence-electron chi connectivity index (χ2n) is 5.20. The van der Waals surface area contributed by atoms with Gasteiger partial charge in [-0.25, -0.2) is 13.4 Å². The van der Waals surface area contributed by atoms with Crippen molar-refractivity contribution in [2.75, 3.05) is 4.72 Å². The minimum atomic E-state index is -3.83. The normalized spacial score (nSPS) is 11.4. The predicted octanol–water partition coefficient (Wildman–Crippen LogP) is 4.24.